The monoisotopic (exact) mass is 301 g/mol. The lowest BCUT2D eigenvalue weighted by molar-refractivity contribution is 0.262. The molecule has 1 saturated heterocycles. The molecule has 0 bridgehead atoms. The Hall–Kier alpha value is -2.70. The summed E-state index contributed by atoms with van der Waals surface area (Å²) in [5.41, 5.74) is 0.575. The van der Waals surface area contributed by atoms with Crippen LogP contribution in [-0.4, -0.2) is 29.1 Å². The number of nitrogens with zero attached hydrogens (tertiary/aromatic N) is 3. The third kappa shape index (κ3) is 3.30. The molecule has 6 nitrogen and oxygen atoms in total. The highest BCUT2D eigenvalue weighted by Crippen LogP contribution is 2.17. The minimum atomic E-state index is -0.539. The first-order valence-corrected chi connectivity index (χ1v) is 7.12. The van der Waals surface area contributed by atoms with Gasteiger partial charge in [0.1, 0.15) is 5.82 Å². The molecule has 2 amide bonds. The van der Waals surface area contributed by atoms with Crippen molar-refractivity contribution in [3.63, 3.8) is 0 Å². The molecular formula is C15H16FN5O. The summed E-state index contributed by atoms with van der Waals surface area (Å²) >= 11 is 0. The highest BCUT2D eigenvalue weighted by atomic mass is 19.1. The van der Waals surface area contributed by atoms with Gasteiger partial charge in [-0.25, -0.2) is 19.2 Å². The maximum absolute atomic E-state index is 13.4. The number of carbonyl (C=O) groups excluding carboxylic acids is 1. The van der Waals surface area contributed by atoms with Gasteiger partial charge in [0, 0.05) is 13.1 Å². The third-order valence-electron chi connectivity index (χ3n) is 3.41. The number of rotatable bonds is 3. The summed E-state index contributed by atoms with van der Waals surface area (Å²) in [6.45, 7) is 1.92. The number of urea groups is 1. The zero-order valence-electron chi connectivity index (χ0n) is 11.9. The minimum Gasteiger partial charge on any atom is -0.341 e. The molecule has 0 radical (unpaired) electrons. The molecule has 0 aliphatic carbocycles. The van der Waals surface area contributed by atoms with E-state index in [4.69, 9.17) is 0 Å². The molecule has 1 aliphatic heterocycles. The maximum atomic E-state index is 13.4. The first kappa shape index (κ1) is 14.2. The molecule has 0 unspecified atom stereocenters. The molecule has 22 heavy (non-hydrogen) atoms. The van der Waals surface area contributed by atoms with E-state index in [2.05, 4.69) is 25.5 Å². The highest BCUT2D eigenvalue weighted by molar-refractivity contribution is 5.99. The van der Waals surface area contributed by atoms with Crippen LogP contribution in [0.1, 0.15) is 12.8 Å². The zero-order valence-corrected chi connectivity index (χ0v) is 11.9. The number of halogens is 1. The third-order valence-corrected chi connectivity index (χ3v) is 3.41. The van der Waals surface area contributed by atoms with Crippen LogP contribution in [0.25, 0.3) is 0 Å². The Morgan fingerprint density at radius 3 is 2.45 bits per heavy atom. The van der Waals surface area contributed by atoms with Crippen LogP contribution >= 0.6 is 0 Å². The predicted molar refractivity (Wildman–Crippen MR) is 82.5 cm³/mol. The van der Waals surface area contributed by atoms with E-state index in [0.29, 0.717) is 11.6 Å². The summed E-state index contributed by atoms with van der Waals surface area (Å²) in [6, 6.07) is 5.43. The van der Waals surface area contributed by atoms with Crippen LogP contribution < -0.4 is 15.5 Å². The van der Waals surface area contributed by atoms with E-state index in [1.807, 2.05) is 0 Å². The van der Waals surface area contributed by atoms with Gasteiger partial charge in [0.15, 0.2) is 0 Å². The van der Waals surface area contributed by atoms with Gasteiger partial charge in [-0.3, -0.25) is 0 Å². The fourth-order valence-corrected chi connectivity index (χ4v) is 2.31. The van der Waals surface area contributed by atoms with Crippen molar-refractivity contribution in [2.75, 3.05) is 28.6 Å². The van der Waals surface area contributed by atoms with Crippen molar-refractivity contribution in [1.29, 1.82) is 0 Å². The Balaban J connectivity index is 1.60. The molecule has 2 aromatic rings. The lowest BCUT2D eigenvalue weighted by atomic mass is 10.3. The molecule has 1 aliphatic rings. The van der Waals surface area contributed by atoms with Gasteiger partial charge < -0.3 is 15.5 Å². The Kier molecular flexibility index (Phi) is 4.13. The summed E-state index contributed by atoms with van der Waals surface area (Å²) in [4.78, 5) is 22.4. The maximum Gasteiger partial charge on any atom is 0.323 e. The van der Waals surface area contributed by atoms with Crippen LogP contribution in [0.15, 0.2) is 36.7 Å². The van der Waals surface area contributed by atoms with Crippen LogP contribution in [0, 0.1) is 5.82 Å². The van der Waals surface area contributed by atoms with Gasteiger partial charge in [0.2, 0.25) is 5.95 Å². The first-order chi connectivity index (χ1) is 10.7. The average Bonchev–Trinajstić information content (AvgIpc) is 3.05. The number of anilines is 3. The van der Waals surface area contributed by atoms with Crippen molar-refractivity contribution in [2.45, 2.75) is 12.8 Å². The number of carbonyl (C=O) groups is 1. The van der Waals surface area contributed by atoms with Crippen LogP contribution in [-0.2, 0) is 0 Å². The summed E-state index contributed by atoms with van der Waals surface area (Å²) in [5, 5.41) is 5.01. The number of nitrogens with one attached hydrogen (secondary N) is 2. The highest BCUT2D eigenvalue weighted by Gasteiger charge is 2.14. The molecule has 114 valence electrons. The van der Waals surface area contributed by atoms with Gasteiger partial charge in [-0.2, -0.15) is 0 Å². The standard InChI is InChI=1S/C15H16FN5O/c16-12-5-1-2-6-13(12)20-15(22)19-11-9-17-14(18-10-11)21-7-3-4-8-21/h1-2,5-6,9-10H,3-4,7-8H2,(H2,19,20,22). The van der Waals surface area contributed by atoms with Crippen molar-refractivity contribution in [1.82, 2.24) is 9.97 Å². The van der Waals surface area contributed by atoms with Gasteiger partial charge in [-0.05, 0) is 25.0 Å². The number of para-hydroxylation sites is 1. The zero-order chi connectivity index (χ0) is 15.4. The second-order valence-electron chi connectivity index (χ2n) is 5.02. The van der Waals surface area contributed by atoms with Crippen molar-refractivity contribution >= 4 is 23.4 Å². The van der Waals surface area contributed by atoms with Crippen LogP contribution in [0.5, 0.6) is 0 Å². The van der Waals surface area contributed by atoms with Gasteiger partial charge in [-0.1, -0.05) is 12.1 Å². The molecule has 2 N–H and O–H groups in total. The quantitative estimate of drug-likeness (QED) is 0.914. The van der Waals surface area contributed by atoms with Crippen molar-refractivity contribution in [3.8, 4) is 0 Å². The predicted octanol–water partition coefficient (Wildman–Crippen LogP) is 2.86. The summed E-state index contributed by atoms with van der Waals surface area (Å²) < 4.78 is 13.4. The first-order valence-electron chi connectivity index (χ1n) is 7.12. The molecule has 7 heteroatoms. The van der Waals surface area contributed by atoms with E-state index in [-0.39, 0.29) is 5.69 Å². The van der Waals surface area contributed by atoms with E-state index in [1.54, 1.807) is 24.5 Å². The number of hydrogen-bond donors (Lipinski definition) is 2. The Labute approximate surface area is 127 Å². The van der Waals surface area contributed by atoms with Gasteiger partial charge >= 0.3 is 6.03 Å². The number of benzene rings is 1. The van der Waals surface area contributed by atoms with Gasteiger partial charge in [0.05, 0.1) is 23.8 Å². The van der Waals surface area contributed by atoms with Crippen molar-refractivity contribution < 1.29 is 9.18 Å². The molecule has 0 saturated carbocycles. The topological polar surface area (TPSA) is 70.2 Å². The number of amides is 2. The largest absolute Gasteiger partial charge is 0.341 e. The summed E-state index contributed by atoms with van der Waals surface area (Å²) in [5.74, 6) is 0.177. The Morgan fingerprint density at radius 1 is 1.09 bits per heavy atom. The van der Waals surface area contributed by atoms with E-state index in [1.165, 1.54) is 12.1 Å². The Morgan fingerprint density at radius 2 is 1.77 bits per heavy atom. The van der Waals surface area contributed by atoms with Crippen LogP contribution in [0.4, 0.5) is 26.5 Å². The van der Waals surface area contributed by atoms with E-state index in [9.17, 15) is 9.18 Å². The van der Waals surface area contributed by atoms with E-state index in [0.717, 1.165) is 25.9 Å². The summed E-state index contributed by atoms with van der Waals surface area (Å²) in [7, 11) is 0. The molecule has 1 fully saturated rings. The Bertz CT molecular complexity index is 655. The minimum absolute atomic E-state index is 0.120. The molecular weight excluding hydrogens is 285 g/mol. The molecule has 2 heterocycles. The molecule has 1 aromatic heterocycles. The normalized spacial score (nSPS) is 14.0. The number of hydrogen-bond acceptors (Lipinski definition) is 4. The molecule has 0 spiro atoms. The van der Waals surface area contributed by atoms with E-state index < -0.39 is 11.8 Å². The van der Waals surface area contributed by atoms with E-state index >= 15 is 0 Å². The van der Waals surface area contributed by atoms with Crippen molar-refractivity contribution in [3.05, 3.63) is 42.5 Å². The second kappa shape index (κ2) is 6.38. The van der Waals surface area contributed by atoms with Gasteiger partial charge in [-0.15, -0.1) is 0 Å². The lowest BCUT2D eigenvalue weighted by Gasteiger charge is -2.14. The fourth-order valence-electron chi connectivity index (χ4n) is 2.31. The molecule has 1 aromatic carbocycles. The van der Waals surface area contributed by atoms with Gasteiger partial charge in [0.25, 0.3) is 0 Å². The smallest absolute Gasteiger partial charge is 0.323 e. The second-order valence-corrected chi connectivity index (χ2v) is 5.02. The SMILES string of the molecule is O=C(Nc1cnc(N2CCCC2)nc1)Nc1ccccc1F. The average molecular weight is 301 g/mol. The van der Waals surface area contributed by atoms with Crippen LogP contribution in [0.2, 0.25) is 0 Å². The fraction of sp³-hybridized carbons (Fsp3) is 0.267. The van der Waals surface area contributed by atoms with Crippen molar-refractivity contribution in [2.24, 2.45) is 0 Å². The number of aromatic nitrogens is 2. The molecule has 0 atom stereocenters. The van der Waals surface area contributed by atoms with Crippen LogP contribution in [0.3, 0.4) is 0 Å². The molecule has 3 rings (SSSR count). The lowest BCUT2D eigenvalue weighted by Crippen LogP contribution is -2.22. The summed E-state index contributed by atoms with van der Waals surface area (Å²) in [6.07, 6.45) is 5.38.